The number of likely N-dealkylation sites (N-methyl/N-ethyl adjacent to an activating group) is 1. The van der Waals surface area contributed by atoms with Gasteiger partial charge in [0.25, 0.3) is 0 Å². The number of nitrogens with zero attached hydrogens (tertiary/aromatic N) is 1. The average molecular weight is 297 g/mol. The van der Waals surface area contributed by atoms with E-state index in [1.54, 1.807) is 19.0 Å². The third kappa shape index (κ3) is 4.70. The van der Waals surface area contributed by atoms with Crippen molar-refractivity contribution < 1.29 is 9.59 Å². The molecule has 2 N–H and O–H groups in total. The van der Waals surface area contributed by atoms with Gasteiger partial charge in [-0.25, -0.2) is 0 Å². The van der Waals surface area contributed by atoms with E-state index in [-0.39, 0.29) is 11.8 Å². The third-order valence-electron chi connectivity index (χ3n) is 4.11. The molecule has 0 aromatic carbocycles. The Morgan fingerprint density at radius 1 is 1.33 bits per heavy atom. The van der Waals surface area contributed by atoms with E-state index in [0.717, 1.165) is 32.2 Å². The molecule has 0 radical (unpaired) electrons. The third-order valence-corrected chi connectivity index (χ3v) is 4.11. The molecule has 1 heterocycles. The van der Waals surface area contributed by atoms with Crippen molar-refractivity contribution >= 4 is 11.8 Å². The van der Waals surface area contributed by atoms with Crippen molar-refractivity contribution in [3.63, 3.8) is 0 Å². The predicted octanol–water partition coefficient (Wildman–Crippen LogP) is 1.53. The van der Waals surface area contributed by atoms with Gasteiger partial charge in [-0.15, -0.1) is 0 Å². The summed E-state index contributed by atoms with van der Waals surface area (Å²) >= 11 is 0. The fourth-order valence-corrected chi connectivity index (χ4v) is 3.05. The summed E-state index contributed by atoms with van der Waals surface area (Å²) in [6.45, 7) is 7.10. The molecule has 122 valence electrons. The van der Waals surface area contributed by atoms with Crippen molar-refractivity contribution in [1.82, 2.24) is 15.5 Å². The van der Waals surface area contributed by atoms with Gasteiger partial charge in [-0.3, -0.25) is 9.59 Å². The molecule has 5 heteroatoms. The maximum absolute atomic E-state index is 12.7. The molecule has 1 fully saturated rings. The van der Waals surface area contributed by atoms with Crippen molar-refractivity contribution in [1.29, 1.82) is 0 Å². The van der Waals surface area contributed by atoms with Crippen molar-refractivity contribution in [2.45, 2.75) is 64.5 Å². The minimum atomic E-state index is -0.476. The first-order valence-electron chi connectivity index (χ1n) is 8.09. The number of nitrogens with one attached hydrogen (secondary N) is 2. The van der Waals surface area contributed by atoms with Crippen LogP contribution in [0.3, 0.4) is 0 Å². The zero-order valence-electron chi connectivity index (χ0n) is 14.2. The van der Waals surface area contributed by atoms with Crippen LogP contribution < -0.4 is 10.6 Å². The average Bonchev–Trinajstić information content (AvgIpc) is 2.86. The number of amides is 2. The first kappa shape index (κ1) is 18.0. The summed E-state index contributed by atoms with van der Waals surface area (Å²) in [5, 5.41) is 6.37. The Morgan fingerprint density at radius 3 is 2.43 bits per heavy atom. The monoisotopic (exact) mass is 297 g/mol. The fourth-order valence-electron chi connectivity index (χ4n) is 3.05. The van der Waals surface area contributed by atoms with Crippen LogP contribution >= 0.6 is 0 Å². The van der Waals surface area contributed by atoms with Crippen LogP contribution in [0.1, 0.15) is 52.9 Å². The minimum Gasteiger partial charge on any atom is -0.347 e. The molecular weight excluding hydrogens is 266 g/mol. The highest BCUT2D eigenvalue weighted by atomic mass is 16.2. The van der Waals surface area contributed by atoms with Gasteiger partial charge in [0.2, 0.25) is 11.8 Å². The molecular formula is C16H31N3O2. The van der Waals surface area contributed by atoms with Crippen molar-refractivity contribution in [3.8, 4) is 0 Å². The Bertz CT molecular complexity index is 361. The first-order valence-corrected chi connectivity index (χ1v) is 8.09. The lowest BCUT2D eigenvalue weighted by atomic mass is 9.90. The van der Waals surface area contributed by atoms with E-state index in [1.807, 2.05) is 0 Å². The Balaban J connectivity index is 2.81. The van der Waals surface area contributed by atoms with Gasteiger partial charge in [0.1, 0.15) is 6.04 Å². The van der Waals surface area contributed by atoms with E-state index in [0.29, 0.717) is 12.3 Å². The molecule has 0 spiro atoms. The molecule has 2 unspecified atom stereocenters. The maximum Gasteiger partial charge on any atom is 0.244 e. The van der Waals surface area contributed by atoms with Gasteiger partial charge in [-0.05, 0) is 38.1 Å². The second kappa shape index (κ2) is 7.78. The second-order valence-electron chi connectivity index (χ2n) is 6.75. The smallest absolute Gasteiger partial charge is 0.244 e. The lowest BCUT2D eigenvalue weighted by Crippen LogP contribution is -2.58. The van der Waals surface area contributed by atoms with Crippen LogP contribution in [0.25, 0.3) is 0 Å². The molecule has 0 saturated carbocycles. The Morgan fingerprint density at radius 2 is 2.00 bits per heavy atom. The second-order valence-corrected chi connectivity index (χ2v) is 6.75. The van der Waals surface area contributed by atoms with Crippen molar-refractivity contribution in [2.24, 2.45) is 5.92 Å². The van der Waals surface area contributed by atoms with Crippen LogP contribution in [0.5, 0.6) is 0 Å². The van der Waals surface area contributed by atoms with Gasteiger partial charge in [-0.2, -0.15) is 0 Å². The van der Waals surface area contributed by atoms with Crippen LogP contribution in [0.2, 0.25) is 0 Å². The van der Waals surface area contributed by atoms with E-state index in [9.17, 15) is 9.59 Å². The predicted molar refractivity (Wildman–Crippen MR) is 85.0 cm³/mol. The minimum absolute atomic E-state index is 0.0114. The van der Waals surface area contributed by atoms with Crippen LogP contribution in [-0.4, -0.2) is 48.9 Å². The molecule has 2 atom stereocenters. The quantitative estimate of drug-likeness (QED) is 0.749. The van der Waals surface area contributed by atoms with Crippen LogP contribution in [0.15, 0.2) is 0 Å². The summed E-state index contributed by atoms with van der Waals surface area (Å²) in [7, 11) is 3.47. The summed E-state index contributed by atoms with van der Waals surface area (Å²) < 4.78 is 0. The van der Waals surface area contributed by atoms with E-state index in [1.165, 1.54) is 0 Å². The standard InChI is InChI=1S/C16H31N3O2/c1-6-8-16(9-7-10-17-16)15(21)18-13(11-12(2)3)14(20)19(4)5/h12-13,17H,6-11H2,1-5H3,(H,18,21). The molecule has 1 aliphatic heterocycles. The summed E-state index contributed by atoms with van der Waals surface area (Å²) in [5.41, 5.74) is -0.476. The van der Waals surface area contributed by atoms with E-state index in [4.69, 9.17) is 0 Å². The first-order chi connectivity index (χ1) is 9.82. The molecule has 1 rings (SSSR count). The SMILES string of the molecule is CCCC1(C(=O)NC(CC(C)C)C(=O)N(C)C)CCCN1. The van der Waals surface area contributed by atoms with Crippen LogP contribution in [0.4, 0.5) is 0 Å². The number of hydrogen-bond donors (Lipinski definition) is 2. The Hall–Kier alpha value is -1.10. The maximum atomic E-state index is 12.7. The highest BCUT2D eigenvalue weighted by molar-refractivity contribution is 5.92. The molecule has 2 amide bonds. The normalized spacial score (nSPS) is 23.1. The van der Waals surface area contributed by atoms with Crippen molar-refractivity contribution in [3.05, 3.63) is 0 Å². The molecule has 0 aromatic heterocycles. The van der Waals surface area contributed by atoms with Crippen LogP contribution in [0, 0.1) is 5.92 Å². The number of rotatable bonds is 7. The summed E-state index contributed by atoms with van der Waals surface area (Å²) in [6, 6.07) is -0.427. The summed E-state index contributed by atoms with van der Waals surface area (Å²) in [6.07, 6.45) is 4.33. The number of carbonyl (C=O) groups excluding carboxylic acids is 2. The molecule has 1 saturated heterocycles. The number of carbonyl (C=O) groups is 2. The lowest BCUT2D eigenvalue weighted by Gasteiger charge is -2.31. The van der Waals surface area contributed by atoms with Gasteiger partial charge >= 0.3 is 0 Å². The highest BCUT2D eigenvalue weighted by Crippen LogP contribution is 2.25. The largest absolute Gasteiger partial charge is 0.347 e. The summed E-state index contributed by atoms with van der Waals surface area (Å²) in [5.74, 6) is 0.322. The summed E-state index contributed by atoms with van der Waals surface area (Å²) in [4.78, 5) is 26.6. The van der Waals surface area contributed by atoms with Crippen LogP contribution in [-0.2, 0) is 9.59 Å². The van der Waals surface area contributed by atoms with Gasteiger partial charge in [0.05, 0.1) is 5.54 Å². The van der Waals surface area contributed by atoms with Gasteiger partial charge < -0.3 is 15.5 Å². The molecule has 5 nitrogen and oxygen atoms in total. The van der Waals surface area contributed by atoms with Gasteiger partial charge in [0.15, 0.2) is 0 Å². The number of hydrogen-bond acceptors (Lipinski definition) is 3. The molecule has 0 aliphatic carbocycles. The van der Waals surface area contributed by atoms with Crippen molar-refractivity contribution in [2.75, 3.05) is 20.6 Å². The van der Waals surface area contributed by atoms with E-state index >= 15 is 0 Å². The van der Waals surface area contributed by atoms with E-state index < -0.39 is 11.6 Å². The van der Waals surface area contributed by atoms with E-state index in [2.05, 4.69) is 31.4 Å². The van der Waals surface area contributed by atoms with Gasteiger partial charge in [-0.1, -0.05) is 27.2 Å². The topological polar surface area (TPSA) is 61.4 Å². The highest BCUT2D eigenvalue weighted by Gasteiger charge is 2.41. The molecule has 1 aliphatic rings. The van der Waals surface area contributed by atoms with Gasteiger partial charge in [0, 0.05) is 14.1 Å². The molecule has 0 aromatic rings. The zero-order chi connectivity index (χ0) is 16.0. The molecule has 21 heavy (non-hydrogen) atoms. The Kier molecular flexibility index (Phi) is 6.65. The molecule has 0 bridgehead atoms. The zero-order valence-corrected chi connectivity index (χ0v) is 14.2. The Labute approximate surface area is 128 Å². The fraction of sp³-hybridized carbons (Fsp3) is 0.875. The lowest BCUT2D eigenvalue weighted by molar-refractivity contribution is -0.137.